The summed E-state index contributed by atoms with van der Waals surface area (Å²) < 4.78 is 27.6. The largest absolute Gasteiger partial charge is 0.324 e. The first-order valence-corrected chi connectivity index (χ1v) is 7.02. The van der Waals surface area contributed by atoms with Crippen LogP contribution in [0.1, 0.15) is 44.7 Å². The summed E-state index contributed by atoms with van der Waals surface area (Å²) in [5.74, 6) is -0.691. The quantitative estimate of drug-likeness (QED) is 0.795. The fraction of sp³-hybridized carbons (Fsp3) is 0.571. The highest BCUT2D eigenvalue weighted by molar-refractivity contribution is 9.10. The summed E-state index contributed by atoms with van der Waals surface area (Å²) in [5.41, 5.74) is 6.55. The van der Waals surface area contributed by atoms with Gasteiger partial charge in [0, 0.05) is 11.6 Å². The molecule has 1 aromatic carbocycles. The van der Waals surface area contributed by atoms with Crippen LogP contribution in [0.3, 0.4) is 0 Å². The molecule has 1 saturated carbocycles. The van der Waals surface area contributed by atoms with E-state index in [1.807, 2.05) is 0 Å². The molecule has 0 amide bonds. The molecule has 0 aliphatic heterocycles. The van der Waals surface area contributed by atoms with Gasteiger partial charge in [0.2, 0.25) is 0 Å². The lowest BCUT2D eigenvalue weighted by atomic mass is 9.76. The standard InChI is InChI=1S/C14H18BrF2N/c1-14(2)5-3-4-9(14)13(18)8-6-12(17)10(15)7-11(8)16/h6-7,9,13H,3-5,18H2,1-2H3. The number of hydrogen-bond acceptors (Lipinski definition) is 1. The van der Waals surface area contributed by atoms with Gasteiger partial charge in [0.05, 0.1) is 4.47 Å². The molecule has 0 spiro atoms. The smallest absolute Gasteiger partial charge is 0.137 e. The van der Waals surface area contributed by atoms with E-state index in [-0.39, 0.29) is 21.4 Å². The monoisotopic (exact) mass is 317 g/mol. The molecular formula is C14H18BrF2N. The maximum Gasteiger partial charge on any atom is 0.137 e. The Balaban J connectivity index is 2.34. The molecule has 0 aromatic heterocycles. The van der Waals surface area contributed by atoms with E-state index in [0.717, 1.165) is 25.3 Å². The summed E-state index contributed by atoms with van der Waals surface area (Å²) in [6, 6.07) is 1.94. The van der Waals surface area contributed by atoms with Crippen molar-refractivity contribution < 1.29 is 8.78 Å². The molecule has 1 aromatic rings. The molecule has 0 bridgehead atoms. The molecule has 18 heavy (non-hydrogen) atoms. The Kier molecular flexibility index (Phi) is 3.79. The zero-order valence-corrected chi connectivity index (χ0v) is 12.2. The van der Waals surface area contributed by atoms with Gasteiger partial charge in [0.25, 0.3) is 0 Å². The third-order valence-corrected chi connectivity index (χ3v) is 4.78. The van der Waals surface area contributed by atoms with Crippen LogP contribution in [0.4, 0.5) is 8.78 Å². The van der Waals surface area contributed by atoms with Gasteiger partial charge in [-0.1, -0.05) is 20.3 Å². The van der Waals surface area contributed by atoms with Crippen LogP contribution in [0.25, 0.3) is 0 Å². The maximum absolute atomic E-state index is 13.9. The zero-order valence-electron chi connectivity index (χ0n) is 10.6. The van der Waals surface area contributed by atoms with Gasteiger partial charge in [0.1, 0.15) is 11.6 Å². The van der Waals surface area contributed by atoms with Crippen molar-refractivity contribution in [2.75, 3.05) is 0 Å². The average Bonchev–Trinajstić information content (AvgIpc) is 2.62. The highest BCUT2D eigenvalue weighted by atomic mass is 79.9. The van der Waals surface area contributed by atoms with Crippen molar-refractivity contribution in [1.82, 2.24) is 0 Å². The van der Waals surface area contributed by atoms with Gasteiger partial charge < -0.3 is 5.73 Å². The Morgan fingerprint density at radius 1 is 1.33 bits per heavy atom. The van der Waals surface area contributed by atoms with Crippen molar-refractivity contribution in [3.63, 3.8) is 0 Å². The lowest BCUT2D eigenvalue weighted by Crippen LogP contribution is -2.30. The summed E-state index contributed by atoms with van der Waals surface area (Å²) >= 11 is 2.98. The number of nitrogens with two attached hydrogens (primary N) is 1. The normalized spacial score (nSPS) is 24.2. The van der Waals surface area contributed by atoms with Crippen LogP contribution < -0.4 is 5.73 Å². The van der Waals surface area contributed by atoms with Crippen molar-refractivity contribution in [2.24, 2.45) is 17.1 Å². The lowest BCUT2D eigenvalue weighted by Gasteiger charge is -2.32. The molecular weight excluding hydrogens is 300 g/mol. The van der Waals surface area contributed by atoms with Crippen molar-refractivity contribution >= 4 is 15.9 Å². The molecule has 2 atom stereocenters. The topological polar surface area (TPSA) is 26.0 Å². The maximum atomic E-state index is 13.9. The van der Waals surface area contributed by atoms with Crippen LogP contribution in [-0.4, -0.2) is 0 Å². The predicted octanol–water partition coefficient (Wildman–Crippen LogP) is 4.55. The molecule has 100 valence electrons. The summed E-state index contributed by atoms with van der Waals surface area (Å²) in [5, 5.41) is 0. The van der Waals surface area contributed by atoms with E-state index in [0.29, 0.717) is 0 Å². The summed E-state index contributed by atoms with van der Waals surface area (Å²) in [7, 11) is 0. The molecule has 1 aliphatic rings. The minimum absolute atomic E-state index is 0.0927. The second kappa shape index (κ2) is 4.89. The van der Waals surface area contributed by atoms with E-state index >= 15 is 0 Å². The summed E-state index contributed by atoms with van der Waals surface area (Å²) in [6.45, 7) is 4.30. The first kappa shape index (κ1) is 13.9. The van der Waals surface area contributed by atoms with E-state index in [1.54, 1.807) is 0 Å². The second-order valence-corrected chi connectivity index (χ2v) is 6.66. The molecule has 2 unspecified atom stereocenters. The summed E-state index contributed by atoms with van der Waals surface area (Å²) in [4.78, 5) is 0. The van der Waals surface area contributed by atoms with Gasteiger partial charge in [-0.3, -0.25) is 0 Å². The van der Waals surface area contributed by atoms with Gasteiger partial charge in [-0.25, -0.2) is 8.78 Å². The van der Waals surface area contributed by atoms with Crippen LogP contribution in [0.15, 0.2) is 16.6 Å². The Bertz CT molecular complexity index is 459. The Morgan fingerprint density at radius 3 is 2.56 bits per heavy atom. The molecule has 1 nitrogen and oxygen atoms in total. The van der Waals surface area contributed by atoms with E-state index in [2.05, 4.69) is 29.8 Å². The fourth-order valence-electron chi connectivity index (χ4n) is 3.03. The Labute approximate surface area is 115 Å². The minimum Gasteiger partial charge on any atom is -0.324 e. The molecule has 1 fully saturated rings. The van der Waals surface area contributed by atoms with E-state index in [9.17, 15) is 8.78 Å². The van der Waals surface area contributed by atoms with Crippen molar-refractivity contribution in [2.45, 2.75) is 39.2 Å². The SMILES string of the molecule is CC1(C)CCCC1C(N)c1cc(F)c(Br)cc1F. The molecule has 0 saturated heterocycles. The van der Waals surface area contributed by atoms with Crippen LogP contribution in [0.5, 0.6) is 0 Å². The second-order valence-electron chi connectivity index (χ2n) is 5.80. The molecule has 1 aliphatic carbocycles. The van der Waals surface area contributed by atoms with Gasteiger partial charge in [0.15, 0.2) is 0 Å². The van der Waals surface area contributed by atoms with Crippen molar-refractivity contribution in [3.8, 4) is 0 Å². The number of halogens is 3. The Hall–Kier alpha value is -0.480. The number of benzene rings is 1. The highest BCUT2D eigenvalue weighted by Crippen LogP contribution is 2.48. The Morgan fingerprint density at radius 2 is 2.00 bits per heavy atom. The van der Waals surface area contributed by atoms with E-state index < -0.39 is 17.7 Å². The van der Waals surface area contributed by atoms with Gasteiger partial charge in [-0.15, -0.1) is 0 Å². The number of hydrogen-bond donors (Lipinski definition) is 1. The van der Waals surface area contributed by atoms with Crippen LogP contribution in [0, 0.1) is 23.0 Å². The third kappa shape index (κ3) is 2.45. The van der Waals surface area contributed by atoms with Crippen LogP contribution >= 0.6 is 15.9 Å². The third-order valence-electron chi connectivity index (χ3n) is 4.17. The van der Waals surface area contributed by atoms with E-state index in [1.165, 1.54) is 6.07 Å². The van der Waals surface area contributed by atoms with Crippen LogP contribution in [0.2, 0.25) is 0 Å². The minimum atomic E-state index is -0.461. The molecule has 0 heterocycles. The molecule has 2 N–H and O–H groups in total. The first-order valence-electron chi connectivity index (χ1n) is 6.23. The van der Waals surface area contributed by atoms with Gasteiger partial charge in [-0.05, 0) is 52.2 Å². The fourth-order valence-corrected chi connectivity index (χ4v) is 3.34. The van der Waals surface area contributed by atoms with Crippen molar-refractivity contribution in [3.05, 3.63) is 33.8 Å². The number of rotatable bonds is 2. The summed E-state index contributed by atoms with van der Waals surface area (Å²) in [6.07, 6.45) is 3.17. The van der Waals surface area contributed by atoms with Crippen LogP contribution in [-0.2, 0) is 0 Å². The average molecular weight is 318 g/mol. The predicted molar refractivity (Wildman–Crippen MR) is 72.1 cm³/mol. The van der Waals surface area contributed by atoms with Crippen molar-refractivity contribution in [1.29, 1.82) is 0 Å². The molecule has 0 radical (unpaired) electrons. The highest BCUT2D eigenvalue weighted by Gasteiger charge is 2.39. The zero-order chi connectivity index (χ0) is 13.5. The molecule has 2 rings (SSSR count). The molecule has 4 heteroatoms. The van der Waals surface area contributed by atoms with E-state index in [4.69, 9.17) is 5.73 Å². The lowest BCUT2D eigenvalue weighted by molar-refractivity contribution is 0.219. The first-order chi connectivity index (χ1) is 8.33. The van der Waals surface area contributed by atoms with Gasteiger partial charge in [-0.2, -0.15) is 0 Å². The van der Waals surface area contributed by atoms with Gasteiger partial charge >= 0.3 is 0 Å².